The average molecular weight is 221 g/mol. The van der Waals surface area contributed by atoms with Gasteiger partial charge in [0.1, 0.15) is 0 Å². The van der Waals surface area contributed by atoms with E-state index in [2.05, 4.69) is 15.9 Å². The number of rotatable bonds is 6. The standard InChI is InChI=1S/C9H17BrO/c1-11-7-3-2-4-9(8-10)5-6-9/h2-8H2,1H3. The maximum absolute atomic E-state index is 5.00. The minimum Gasteiger partial charge on any atom is -0.385 e. The molecule has 1 aliphatic rings. The fourth-order valence-electron chi connectivity index (χ4n) is 1.37. The molecule has 66 valence electrons. The van der Waals surface area contributed by atoms with Crippen molar-refractivity contribution in [2.45, 2.75) is 32.1 Å². The molecular formula is C9H17BrO. The topological polar surface area (TPSA) is 9.23 Å². The molecule has 0 N–H and O–H groups in total. The van der Waals surface area contributed by atoms with Gasteiger partial charge < -0.3 is 4.74 Å². The van der Waals surface area contributed by atoms with E-state index in [0.29, 0.717) is 5.41 Å². The summed E-state index contributed by atoms with van der Waals surface area (Å²) in [7, 11) is 1.78. The van der Waals surface area contributed by atoms with Crippen LogP contribution in [0.5, 0.6) is 0 Å². The van der Waals surface area contributed by atoms with Crippen molar-refractivity contribution in [3.05, 3.63) is 0 Å². The number of ether oxygens (including phenoxy) is 1. The van der Waals surface area contributed by atoms with Crippen molar-refractivity contribution in [3.8, 4) is 0 Å². The Labute approximate surface area is 77.6 Å². The maximum Gasteiger partial charge on any atom is 0.0462 e. The van der Waals surface area contributed by atoms with Crippen LogP contribution in [0.3, 0.4) is 0 Å². The van der Waals surface area contributed by atoms with E-state index in [-0.39, 0.29) is 0 Å². The molecule has 0 aromatic rings. The van der Waals surface area contributed by atoms with Crippen LogP contribution >= 0.6 is 15.9 Å². The predicted octanol–water partition coefficient (Wildman–Crippen LogP) is 2.98. The highest BCUT2D eigenvalue weighted by atomic mass is 79.9. The first-order valence-electron chi connectivity index (χ1n) is 4.38. The molecule has 0 unspecified atom stereocenters. The van der Waals surface area contributed by atoms with Crippen LogP contribution in [0.4, 0.5) is 0 Å². The second kappa shape index (κ2) is 4.46. The van der Waals surface area contributed by atoms with Gasteiger partial charge in [0.25, 0.3) is 0 Å². The van der Waals surface area contributed by atoms with E-state index in [9.17, 15) is 0 Å². The Kier molecular flexibility index (Phi) is 3.86. The molecule has 0 atom stereocenters. The summed E-state index contributed by atoms with van der Waals surface area (Å²) in [6.45, 7) is 0.929. The van der Waals surface area contributed by atoms with Gasteiger partial charge in [-0.25, -0.2) is 0 Å². The van der Waals surface area contributed by atoms with Crippen LogP contribution < -0.4 is 0 Å². The summed E-state index contributed by atoms with van der Waals surface area (Å²) >= 11 is 3.57. The molecule has 1 saturated carbocycles. The van der Waals surface area contributed by atoms with Gasteiger partial charge >= 0.3 is 0 Å². The Balaban J connectivity index is 1.94. The van der Waals surface area contributed by atoms with Crippen molar-refractivity contribution in [2.24, 2.45) is 5.41 Å². The van der Waals surface area contributed by atoms with E-state index < -0.39 is 0 Å². The van der Waals surface area contributed by atoms with Crippen LogP contribution in [0.25, 0.3) is 0 Å². The molecule has 1 nitrogen and oxygen atoms in total. The van der Waals surface area contributed by atoms with Gasteiger partial charge in [0.2, 0.25) is 0 Å². The van der Waals surface area contributed by atoms with E-state index in [1.54, 1.807) is 7.11 Å². The lowest BCUT2D eigenvalue weighted by Gasteiger charge is -2.09. The van der Waals surface area contributed by atoms with Crippen molar-refractivity contribution < 1.29 is 4.74 Å². The molecule has 0 aromatic heterocycles. The molecule has 1 rings (SSSR count). The van der Waals surface area contributed by atoms with Gasteiger partial charge in [-0.15, -0.1) is 0 Å². The highest BCUT2D eigenvalue weighted by Crippen LogP contribution is 2.50. The van der Waals surface area contributed by atoms with Crippen molar-refractivity contribution >= 4 is 15.9 Å². The van der Waals surface area contributed by atoms with Crippen LogP contribution in [-0.4, -0.2) is 19.0 Å². The Bertz CT molecular complexity index is 110. The van der Waals surface area contributed by atoms with E-state index >= 15 is 0 Å². The molecule has 0 bridgehead atoms. The molecule has 0 heterocycles. The number of unbranched alkanes of at least 4 members (excludes halogenated alkanes) is 1. The third-order valence-corrected chi connectivity index (χ3v) is 3.74. The summed E-state index contributed by atoms with van der Waals surface area (Å²) in [5.74, 6) is 0. The SMILES string of the molecule is COCCCCC1(CBr)CC1. The number of methoxy groups -OCH3 is 1. The van der Waals surface area contributed by atoms with Crippen molar-refractivity contribution in [1.29, 1.82) is 0 Å². The van der Waals surface area contributed by atoms with Gasteiger partial charge in [0.05, 0.1) is 0 Å². The van der Waals surface area contributed by atoms with Gasteiger partial charge in [0, 0.05) is 19.0 Å². The number of alkyl halides is 1. The van der Waals surface area contributed by atoms with Crippen molar-refractivity contribution in [3.63, 3.8) is 0 Å². The van der Waals surface area contributed by atoms with Gasteiger partial charge in [0.15, 0.2) is 0 Å². The van der Waals surface area contributed by atoms with Crippen LogP contribution in [0.15, 0.2) is 0 Å². The summed E-state index contributed by atoms with van der Waals surface area (Å²) in [5.41, 5.74) is 0.702. The Morgan fingerprint density at radius 3 is 2.55 bits per heavy atom. The Morgan fingerprint density at radius 2 is 2.09 bits per heavy atom. The van der Waals surface area contributed by atoms with Crippen LogP contribution in [0, 0.1) is 5.41 Å². The monoisotopic (exact) mass is 220 g/mol. The first kappa shape index (κ1) is 9.53. The quantitative estimate of drug-likeness (QED) is 0.495. The maximum atomic E-state index is 5.00. The lowest BCUT2D eigenvalue weighted by atomic mass is 10.0. The van der Waals surface area contributed by atoms with Gasteiger partial charge in [-0.2, -0.15) is 0 Å². The normalized spacial score (nSPS) is 20.2. The molecule has 11 heavy (non-hydrogen) atoms. The first-order chi connectivity index (χ1) is 5.33. The summed E-state index contributed by atoms with van der Waals surface area (Å²) in [6.07, 6.45) is 6.82. The van der Waals surface area contributed by atoms with E-state index in [1.165, 1.54) is 37.4 Å². The summed E-state index contributed by atoms with van der Waals surface area (Å²) in [4.78, 5) is 0. The summed E-state index contributed by atoms with van der Waals surface area (Å²) in [5, 5.41) is 1.20. The molecule has 1 aliphatic carbocycles. The molecule has 0 aromatic carbocycles. The molecular weight excluding hydrogens is 204 g/mol. The average Bonchev–Trinajstić information content (AvgIpc) is 2.80. The van der Waals surface area contributed by atoms with Crippen LogP contribution in [0.1, 0.15) is 32.1 Å². The molecule has 0 amide bonds. The second-order valence-corrected chi connectivity index (χ2v) is 4.14. The summed E-state index contributed by atoms with van der Waals surface area (Å²) in [6, 6.07) is 0. The molecule has 1 fully saturated rings. The molecule has 0 saturated heterocycles. The lowest BCUT2D eigenvalue weighted by molar-refractivity contribution is 0.190. The van der Waals surface area contributed by atoms with Crippen LogP contribution in [0.2, 0.25) is 0 Å². The molecule has 0 radical (unpaired) electrons. The number of halogens is 1. The van der Waals surface area contributed by atoms with Crippen molar-refractivity contribution in [1.82, 2.24) is 0 Å². The fourth-order valence-corrected chi connectivity index (χ4v) is 2.21. The summed E-state index contributed by atoms with van der Waals surface area (Å²) < 4.78 is 5.00. The largest absolute Gasteiger partial charge is 0.385 e. The van der Waals surface area contributed by atoms with Crippen LogP contribution in [-0.2, 0) is 4.74 Å². The van der Waals surface area contributed by atoms with E-state index in [1.807, 2.05) is 0 Å². The fraction of sp³-hybridized carbons (Fsp3) is 1.00. The van der Waals surface area contributed by atoms with Crippen molar-refractivity contribution in [2.75, 3.05) is 19.0 Å². The Morgan fingerprint density at radius 1 is 1.36 bits per heavy atom. The van der Waals surface area contributed by atoms with E-state index in [4.69, 9.17) is 4.74 Å². The predicted molar refractivity (Wildman–Crippen MR) is 51.2 cm³/mol. The van der Waals surface area contributed by atoms with E-state index in [0.717, 1.165) is 6.61 Å². The zero-order valence-electron chi connectivity index (χ0n) is 7.24. The van der Waals surface area contributed by atoms with Gasteiger partial charge in [-0.05, 0) is 31.1 Å². The van der Waals surface area contributed by atoms with Gasteiger partial charge in [-0.1, -0.05) is 22.4 Å². The smallest absolute Gasteiger partial charge is 0.0462 e. The minimum absolute atomic E-state index is 0.702. The number of hydrogen-bond donors (Lipinski definition) is 0. The highest BCUT2D eigenvalue weighted by molar-refractivity contribution is 9.09. The third-order valence-electron chi connectivity index (χ3n) is 2.55. The Hall–Kier alpha value is 0.440. The zero-order chi connectivity index (χ0) is 8.16. The second-order valence-electron chi connectivity index (χ2n) is 3.58. The zero-order valence-corrected chi connectivity index (χ0v) is 8.82. The minimum atomic E-state index is 0.702. The lowest BCUT2D eigenvalue weighted by Crippen LogP contribution is -2.02. The third kappa shape index (κ3) is 3.12. The molecule has 0 spiro atoms. The number of hydrogen-bond acceptors (Lipinski definition) is 1. The first-order valence-corrected chi connectivity index (χ1v) is 5.50. The molecule has 0 aliphatic heterocycles. The van der Waals surface area contributed by atoms with Gasteiger partial charge in [-0.3, -0.25) is 0 Å². The molecule has 2 heteroatoms. The highest BCUT2D eigenvalue weighted by Gasteiger charge is 2.40.